The molecule has 2 N–H and O–H groups in total. The standard InChI is InChI=1S/C18H24N2O3/c1-7-23-15(21)8-10(2)16-17-11(3)12(4)20(5)14(17)9-13(19)18(16)22-6/h8-9H,7,19H2,1-6H3/b10-8-. The van der Waals surface area contributed by atoms with Gasteiger partial charge in [0.2, 0.25) is 0 Å². The lowest BCUT2D eigenvalue weighted by Crippen LogP contribution is -2.02. The van der Waals surface area contributed by atoms with Gasteiger partial charge >= 0.3 is 5.97 Å². The highest BCUT2D eigenvalue weighted by Crippen LogP contribution is 2.41. The maximum atomic E-state index is 11.8. The van der Waals surface area contributed by atoms with Crippen molar-refractivity contribution >= 4 is 28.1 Å². The molecule has 2 aromatic rings. The molecule has 124 valence electrons. The fourth-order valence-electron chi connectivity index (χ4n) is 2.96. The number of carbonyl (C=O) groups excluding carboxylic acids is 1. The Hall–Kier alpha value is -2.43. The van der Waals surface area contributed by atoms with E-state index in [9.17, 15) is 4.79 Å². The van der Waals surface area contributed by atoms with Crippen LogP contribution in [0.1, 0.15) is 30.7 Å². The van der Waals surface area contributed by atoms with Crippen LogP contribution in [0.25, 0.3) is 16.5 Å². The van der Waals surface area contributed by atoms with Crippen LogP contribution in [-0.2, 0) is 16.6 Å². The average molecular weight is 316 g/mol. The number of benzene rings is 1. The second kappa shape index (κ2) is 6.36. The third kappa shape index (κ3) is 2.79. The second-order valence-corrected chi connectivity index (χ2v) is 5.62. The zero-order valence-corrected chi connectivity index (χ0v) is 14.6. The average Bonchev–Trinajstić information content (AvgIpc) is 2.70. The molecule has 5 nitrogen and oxygen atoms in total. The van der Waals surface area contributed by atoms with E-state index >= 15 is 0 Å². The molecular weight excluding hydrogens is 292 g/mol. The number of hydrogen-bond acceptors (Lipinski definition) is 4. The van der Waals surface area contributed by atoms with Crippen molar-refractivity contribution in [2.45, 2.75) is 27.7 Å². The third-order valence-corrected chi connectivity index (χ3v) is 4.29. The summed E-state index contributed by atoms with van der Waals surface area (Å²) in [5, 5.41) is 1.05. The van der Waals surface area contributed by atoms with Gasteiger partial charge in [-0.05, 0) is 44.9 Å². The third-order valence-electron chi connectivity index (χ3n) is 4.29. The number of ether oxygens (including phenoxy) is 2. The summed E-state index contributed by atoms with van der Waals surface area (Å²) in [4.78, 5) is 11.8. The summed E-state index contributed by atoms with van der Waals surface area (Å²) in [6, 6.07) is 1.91. The smallest absolute Gasteiger partial charge is 0.331 e. The Morgan fingerprint density at radius 2 is 2.04 bits per heavy atom. The molecule has 23 heavy (non-hydrogen) atoms. The van der Waals surface area contributed by atoms with Crippen molar-refractivity contribution in [3.63, 3.8) is 0 Å². The molecule has 0 bridgehead atoms. The van der Waals surface area contributed by atoms with E-state index < -0.39 is 0 Å². The van der Waals surface area contributed by atoms with Gasteiger partial charge in [0.1, 0.15) is 5.75 Å². The summed E-state index contributed by atoms with van der Waals surface area (Å²) < 4.78 is 12.6. The summed E-state index contributed by atoms with van der Waals surface area (Å²) in [5.74, 6) is 0.220. The Morgan fingerprint density at radius 1 is 1.39 bits per heavy atom. The van der Waals surface area contributed by atoms with Crippen LogP contribution in [0.4, 0.5) is 5.69 Å². The van der Waals surface area contributed by atoms with Crippen molar-refractivity contribution in [3.8, 4) is 5.75 Å². The number of nitrogens with zero attached hydrogens (tertiary/aromatic N) is 1. The van der Waals surface area contributed by atoms with Crippen molar-refractivity contribution in [2.24, 2.45) is 7.05 Å². The predicted octanol–water partition coefficient (Wildman–Crippen LogP) is 3.35. The first kappa shape index (κ1) is 16.9. The first-order valence-corrected chi connectivity index (χ1v) is 7.60. The van der Waals surface area contributed by atoms with E-state index in [0.717, 1.165) is 33.3 Å². The van der Waals surface area contributed by atoms with E-state index in [0.29, 0.717) is 18.0 Å². The molecule has 0 spiro atoms. The van der Waals surface area contributed by atoms with Crippen molar-refractivity contribution in [1.29, 1.82) is 0 Å². The minimum absolute atomic E-state index is 0.343. The molecule has 0 aliphatic heterocycles. The number of carbonyl (C=O) groups is 1. The lowest BCUT2D eigenvalue weighted by Gasteiger charge is -2.14. The number of allylic oxidation sites excluding steroid dienone is 1. The van der Waals surface area contributed by atoms with Crippen LogP contribution in [-0.4, -0.2) is 24.3 Å². The van der Waals surface area contributed by atoms with Gasteiger partial charge in [0.05, 0.1) is 24.9 Å². The van der Waals surface area contributed by atoms with E-state index in [2.05, 4.69) is 18.4 Å². The Balaban J connectivity index is 2.84. The Bertz CT molecular complexity index is 801. The number of rotatable bonds is 4. The van der Waals surface area contributed by atoms with Crippen molar-refractivity contribution < 1.29 is 14.3 Å². The first-order chi connectivity index (χ1) is 10.8. The summed E-state index contributed by atoms with van der Waals surface area (Å²) >= 11 is 0. The highest BCUT2D eigenvalue weighted by molar-refractivity contribution is 6.04. The Morgan fingerprint density at radius 3 is 2.61 bits per heavy atom. The number of aryl methyl sites for hydroxylation is 2. The summed E-state index contributed by atoms with van der Waals surface area (Å²) in [6.07, 6.45) is 1.49. The number of nitrogen functional groups attached to an aromatic ring is 1. The SMILES string of the molecule is CCOC(=O)/C=C(/C)c1c(OC)c(N)cc2c1c(C)c(C)n2C. The van der Waals surface area contributed by atoms with Gasteiger partial charge in [-0.1, -0.05) is 0 Å². The van der Waals surface area contributed by atoms with Crippen LogP contribution >= 0.6 is 0 Å². The van der Waals surface area contributed by atoms with E-state index in [1.165, 1.54) is 6.08 Å². The lowest BCUT2D eigenvalue weighted by molar-refractivity contribution is -0.137. The number of methoxy groups -OCH3 is 1. The number of aromatic nitrogens is 1. The topological polar surface area (TPSA) is 66.5 Å². The zero-order valence-electron chi connectivity index (χ0n) is 14.6. The van der Waals surface area contributed by atoms with Gasteiger partial charge in [0, 0.05) is 29.8 Å². The van der Waals surface area contributed by atoms with Crippen molar-refractivity contribution in [1.82, 2.24) is 4.57 Å². The minimum Gasteiger partial charge on any atom is -0.494 e. The predicted molar refractivity (Wildman–Crippen MR) is 93.6 cm³/mol. The van der Waals surface area contributed by atoms with Crippen LogP contribution in [0.15, 0.2) is 12.1 Å². The highest BCUT2D eigenvalue weighted by atomic mass is 16.5. The molecule has 0 aliphatic rings. The Kier molecular flexibility index (Phi) is 4.68. The minimum atomic E-state index is -0.368. The zero-order chi connectivity index (χ0) is 17.3. The monoisotopic (exact) mass is 316 g/mol. The van der Waals surface area contributed by atoms with Crippen LogP contribution in [0, 0.1) is 13.8 Å². The maximum absolute atomic E-state index is 11.8. The largest absolute Gasteiger partial charge is 0.494 e. The normalized spacial score (nSPS) is 11.8. The van der Waals surface area contributed by atoms with E-state index in [1.54, 1.807) is 14.0 Å². The molecule has 0 saturated heterocycles. The van der Waals surface area contributed by atoms with E-state index in [1.807, 2.05) is 20.0 Å². The molecule has 0 atom stereocenters. The molecule has 0 amide bonds. The molecule has 1 aromatic heterocycles. The van der Waals surface area contributed by atoms with E-state index in [4.69, 9.17) is 15.2 Å². The quantitative estimate of drug-likeness (QED) is 0.533. The van der Waals surface area contributed by atoms with Gasteiger partial charge in [-0.3, -0.25) is 0 Å². The number of hydrogen-bond donors (Lipinski definition) is 1. The van der Waals surface area contributed by atoms with Gasteiger partial charge in [0.15, 0.2) is 0 Å². The van der Waals surface area contributed by atoms with Gasteiger partial charge in [-0.2, -0.15) is 0 Å². The maximum Gasteiger partial charge on any atom is 0.331 e. The molecule has 1 aromatic carbocycles. The summed E-state index contributed by atoms with van der Waals surface area (Å²) in [5.41, 5.74) is 11.6. The number of fused-ring (bicyclic) bond motifs is 1. The van der Waals surface area contributed by atoms with Crippen LogP contribution < -0.4 is 10.5 Å². The van der Waals surface area contributed by atoms with Gasteiger partial charge < -0.3 is 19.8 Å². The van der Waals surface area contributed by atoms with Gasteiger partial charge in [-0.15, -0.1) is 0 Å². The fraction of sp³-hybridized carbons (Fsp3) is 0.389. The summed E-state index contributed by atoms with van der Waals surface area (Å²) in [7, 11) is 3.59. The number of nitrogens with two attached hydrogens (primary N) is 1. The number of esters is 1. The number of anilines is 1. The molecule has 5 heteroatoms. The second-order valence-electron chi connectivity index (χ2n) is 5.62. The van der Waals surface area contributed by atoms with Gasteiger partial charge in [0.25, 0.3) is 0 Å². The lowest BCUT2D eigenvalue weighted by atomic mass is 9.97. The van der Waals surface area contributed by atoms with Crippen molar-refractivity contribution in [2.75, 3.05) is 19.5 Å². The van der Waals surface area contributed by atoms with Crippen LogP contribution in [0.2, 0.25) is 0 Å². The first-order valence-electron chi connectivity index (χ1n) is 7.60. The van der Waals surface area contributed by atoms with E-state index in [-0.39, 0.29) is 5.97 Å². The molecule has 0 radical (unpaired) electrons. The van der Waals surface area contributed by atoms with Gasteiger partial charge in [-0.25, -0.2) is 4.79 Å². The fourth-order valence-corrected chi connectivity index (χ4v) is 2.96. The molecule has 2 rings (SSSR count). The molecule has 1 heterocycles. The van der Waals surface area contributed by atoms with Crippen LogP contribution in [0.5, 0.6) is 5.75 Å². The Labute approximate surface area is 136 Å². The molecular formula is C18H24N2O3. The van der Waals surface area contributed by atoms with Crippen molar-refractivity contribution in [3.05, 3.63) is 29.0 Å². The molecule has 0 fully saturated rings. The molecule has 0 unspecified atom stereocenters. The van der Waals surface area contributed by atoms with Crippen LogP contribution in [0.3, 0.4) is 0 Å². The highest BCUT2D eigenvalue weighted by Gasteiger charge is 2.20. The molecule has 0 saturated carbocycles. The summed E-state index contributed by atoms with van der Waals surface area (Å²) in [6.45, 7) is 8.12. The molecule has 0 aliphatic carbocycles.